The fourth-order valence-corrected chi connectivity index (χ4v) is 5.91. The summed E-state index contributed by atoms with van der Waals surface area (Å²) < 4.78 is 1.93. The van der Waals surface area contributed by atoms with Crippen LogP contribution in [-0.4, -0.2) is 18.4 Å². The van der Waals surface area contributed by atoms with Gasteiger partial charge >= 0.3 is 4.87 Å². The zero-order chi connectivity index (χ0) is 15.5. The first-order valence-corrected chi connectivity index (χ1v) is 12.8. The van der Waals surface area contributed by atoms with Gasteiger partial charge in [-0.3, -0.25) is 4.79 Å². The van der Waals surface area contributed by atoms with Gasteiger partial charge in [-0.1, -0.05) is 48.7 Å². The van der Waals surface area contributed by atoms with Gasteiger partial charge in [-0.05, 0) is 25.1 Å². The van der Waals surface area contributed by atoms with Crippen molar-refractivity contribution >= 4 is 31.2 Å². The molecule has 21 heavy (non-hydrogen) atoms. The number of thioether (sulfide) groups is 1. The predicted molar refractivity (Wildman–Crippen MR) is 97.7 cm³/mol. The number of hydrogen-bond donors (Lipinski definition) is 0. The Hall–Kier alpha value is -0.783. The van der Waals surface area contributed by atoms with E-state index in [0.717, 1.165) is 11.8 Å². The molecule has 0 radical (unpaired) electrons. The molecule has 1 atom stereocenters. The molecular weight excluding hydrogens is 314 g/mol. The Balaban J connectivity index is 2.11. The van der Waals surface area contributed by atoms with Gasteiger partial charge in [0.15, 0.2) is 0 Å². The number of benzene rings is 1. The van der Waals surface area contributed by atoms with Gasteiger partial charge in [-0.2, -0.15) is 0 Å². The van der Waals surface area contributed by atoms with E-state index in [1.165, 1.54) is 21.8 Å². The molecule has 0 bridgehead atoms. The molecule has 114 valence electrons. The highest BCUT2D eigenvalue weighted by Crippen LogP contribution is 2.28. The Kier molecular flexibility index (Phi) is 5.52. The van der Waals surface area contributed by atoms with Crippen LogP contribution in [0.1, 0.15) is 11.6 Å². The number of aryl methyl sites for hydroxylation is 1. The van der Waals surface area contributed by atoms with E-state index in [9.17, 15) is 4.79 Å². The van der Waals surface area contributed by atoms with Crippen LogP contribution in [0.2, 0.25) is 25.7 Å². The van der Waals surface area contributed by atoms with Gasteiger partial charge in [-0.15, -0.1) is 11.8 Å². The summed E-state index contributed by atoms with van der Waals surface area (Å²) in [6.45, 7) is 9.21. The van der Waals surface area contributed by atoms with Crippen LogP contribution in [0.15, 0.2) is 45.5 Å². The van der Waals surface area contributed by atoms with Crippen LogP contribution in [0.3, 0.4) is 0 Å². The number of hydrogen-bond acceptors (Lipinski definition) is 3. The molecule has 5 heteroatoms. The quantitative estimate of drug-likeness (QED) is 0.553. The molecule has 0 saturated carbocycles. The summed E-state index contributed by atoms with van der Waals surface area (Å²) in [6.07, 6.45) is 1.95. The molecule has 0 N–H and O–H groups in total. The number of nitrogens with zero attached hydrogens (tertiary/aromatic N) is 1. The number of aromatic nitrogens is 1. The van der Waals surface area contributed by atoms with Crippen LogP contribution in [0.25, 0.3) is 0 Å². The second kappa shape index (κ2) is 6.98. The standard InChI is InChI=1S/C16H23NOS2Si/c1-13-5-7-15(8-6-13)20-11-14(12-21(2,3)4)17-9-10-19-16(17)18/h5-10,14H,11-12H2,1-4H3. The molecule has 1 aromatic heterocycles. The molecule has 2 aromatic rings. The van der Waals surface area contributed by atoms with Crippen LogP contribution < -0.4 is 4.87 Å². The average molecular weight is 338 g/mol. The smallest absolute Gasteiger partial charge is 0.302 e. The van der Waals surface area contributed by atoms with Gasteiger partial charge in [-0.25, -0.2) is 0 Å². The van der Waals surface area contributed by atoms with Crippen molar-refractivity contribution in [2.75, 3.05) is 5.75 Å². The lowest BCUT2D eigenvalue weighted by atomic mass is 10.2. The van der Waals surface area contributed by atoms with Gasteiger partial charge in [0.2, 0.25) is 0 Å². The topological polar surface area (TPSA) is 22.0 Å². The van der Waals surface area contributed by atoms with Gasteiger partial charge in [0.1, 0.15) is 0 Å². The molecule has 0 fully saturated rings. The van der Waals surface area contributed by atoms with Crippen molar-refractivity contribution in [1.29, 1.82) is 0 Å². The fourth-order valence-electron chi connectivity index (χ4n) is 2.32. The largest absolute Gasteiger partial charge is 0.307 e. The van der Waals surface area contributed by atoms with E-state index in [1.54, 1.807) is 0 Å². The average Bonchev–Trinajstić information content (AvgIpc) is 2.81. The first kappa shape index (κ1) is 16.6. The lowest BCUT2D eigenvalue weighted by Gasteiger charge is -2.25. The Labute approximate surface area is 136 Å². The second-order valence-electron chi connectivity index (χ2n) is 6.62. The van der Waals surface area contributed by atoms with Crippen LogP contribution in [0, 0.1) is 6.92 Å². The normalized spacial score (nSPS) is 13.3. The van der Waals surface area contributed by atoms with Gasteiger partial charge in [0.25, 0.3) is 0 Å². The molecular formula is C16H23NOS2Si. The SMILES string of the molecule is Cc1ccc(SCC(C[Si](C)(C)C)n2ccsc2=O)cc1. The minimum Gasteiger partial charge on any atom is -0.302 e. The van der Waals surface area contributed by atoms with E-state index < -0.39 is 8.07 Å². The highest BCUT2D eigenvalue weighted by molar-refractivity contribution is 7.99. The molecule has 0 aliphatic rings. The molecule has 1 heterocycles. The Morgan fingerprint density at radius 2 is 1.90 bits per heavy atom. The number of rotatable bonds is 6. The summed E-state index contributed by atoms with van der Waals surface area (Å²) in [6, 6.07) is 10.1. The molecule has 2 rings (SSSR count). The summed E-state index contributed by atoms with van der Waals surface area (Å²) in [5.74, 6) is 0.962. The van der Waals surface area contributed by atoms with Crippen molar-refractivity contribution in [2.45, 2.75) is 43.5 Å². The Bertz CT molecular complexity index is 625. The Morgan fingerprint density at radius 3 is 2.43 bits per heavy atom. The first-order valence-electron chi connectivity index (χ1n) is 7.20. The van der Waals surface area contributed by atoms with E-state index in [2.05, 4.69) is 50.8 Å². The van der Waals surface area contributed by atoms with Crippen molar-refractivity contribution in [2.24, 2.45) is 0 Å². The van der Waals surface area contributed by atoms with E-state index >= 15 is 0 Å². The summed E-state index contributed by atoms with van der Waals surface area (Å²) in [5.41, 5.74) is 1.28. The first-order chi connectivity index (χ1) is 9.85. The zero-order valence-electron chi connectivity index (χ0n) is 13.1. The van der Waals surface area contributed by atoms with E-state index in [-0.39, 0.29) is 4.87 Å². The van der Waals surface area contributed by atoms with Crippen LogP contribution in [0.4, 0.5) is 0 Å². The summed E-state index contributed by atoms with van der Waals surface area (Å²) >= 11 is 3.15. The maximum absolute atomic E-state index is 12.0. The molecule has 1 unspecified atom stereocenters. The third kappa shape index (κ3) is 5.16. The zero-order valence-corrected chi connectivity index (χ0v) is 15.8. The third-order valence-electron chi connectivity index (χ3n) is 3.31. The molecule has 0 aliphatic heterocycles. The molecule has 0 amide bonds. The monoisotopic (exact) mass is 337 g/mol. The van der Waals surface area contributed by atoms with Gasteiger partial charge in [0.05, 0.1) is 0 Å². The molecule has 2 nitrogen and oxygen atoms in total. The highest BCUT2D eigenvalue weighted by Gasteiger charge is 2.23. The minimum atomic E-state index is -1.21. The van der Waals surface area contributed by atoms with E-state index in [1.807, 2.05) is 27.9 Å². The minimum absolute atomic E-state index is 0.169. The molecule has 1 aromatic carbocycles. The van der Waals surface area contributed by atoms with E-state index in [0.29, 0.717) is 6.04 Å². The van der Waals surface area contributed by atoms with Crippen molar-refractivity contribution in [3.8, 4) is 0 Å². The maximum Gasteiger partial charge on any atom is 0.307 e. The molecule has 0 saturated heterocycles. The maximum atomic E-state index is 12.0. The van der Waals surface area contributed by atoms with E-state index in [4.69, 9.17) is 0 Å². The predicted octanol–water partition coefficient (Wildman–Crippen LogP) is 4.89. The van der Waals surface area contributed by atoms with Crippen molar-refractivity contribution in [1.82, 2.24) is 4.57 Å². The number of thiazole rings is 1. The lowest BCUT2D eigenvalue weighted by molar-refractivity contribution is 0.592. The molecule has 0 spiro atoms. The van der Waals surface area contributed by atoms with Crippen LogP contribution in [0.5, 0.6) is 0 Å². The summed E-state index contributed by atoms with van der Waals surface area (Å²) in [7, 11) is -1.21. The van der Waals surface area contributed by atoms with Gasteiger partial charge in [0, 0.05) is 36.3 Å². The highest BCUT2D eigenvalue weighted by atomic mass is 32.2. The van der Waals surface area contributed by atoms with Crippen LogP contribution in [-0.2, 0) is 0 Å². The third-order valence-corrected chi connectivity index (χ3v) is 6.83. The summed E-state index contributed by atoms with van der Waals surface area (Å²) in [5, 5.41) is 1.90. The Morgan fingerprint density at radius 1 is 1.24 bits per heavy atom. The summed E-state index contributed by atoms with van der Waals surface area (Å²) in [4.78, 5) is 13.4. The van der Waals surface area contributed by atoms with Crippen molar-refractivity contribution < 1.29 is 0 Å². The van der Waals surface area contributed by atoms with Gasteiger partial charge < -0.3 is 4.57 Å². The van der Waals surface area contributed by atoms with Crippen LogP contribution >= 0.6 is 23.1 Å². The second-order valence-corrected chi connectivity index (χ2v) is 14.1. The molecule has 0 aliphatic carbocycles. The van der Waals surface area contributed by atoms with Crippen molar-refractivity contribution in [3.05, 3.63) is 51.1 Å². The lowest BCUT2D eigenvalue weighted by Crippen LogP contribution is -2.30. The van der Waals surface area contributed by atoms with Crippen molar-refractivity contribution in [3.63, 3.8) is 0 Å². The fraction of sp³-hybridized carbons (Fsp3) is 0.438.